The van der Waals surface area contributed by atoms with Gasteiger partial charge < -0.3 is 5.11 Å². The number of hydrogen-bond acceptors (Lipinski definition) is 3. The molecule has 0 bridgehead atoms. The van der Waals surface area contributed by atoms with Crippen molar-refractivity contribution in [2.24, 2.45) is 0 Å². The molecule has 0 aliphatic rings. The molecule has 0 heterocycles. The van der Waals surface area contributed by atoms with Crippen molar-refractivity contribution in [1.82, 2.24) is 4.90 Å². The zero-order valence-electron chi connectivity index (χ0n) is 10.5. The van der Waals surface area contributed by atoms with E-state index < -0.39 is 17.8 Å². The van der Waals surface area contributed by atoms with E-state index >= 15 is 0 Å². The van der Waals surface area contributed by atoms with E-state index in [0.29, 0.717) is 6.54 Å². The topological polar surface area (TPSA) is 47.3 Å². The molecule has 6 heteroatoms. The van der Waals surface area contributed by atoms with Gasteiger partial charge in [0.05, 0.1) is 18.2 Å². The second-order valence-electron chi connectivity index (χ2n) is 3.97. The first-order valence-electron chi connectivity index (χ1n) is 5.86. The van der Waals surface area contributed by atoms with Crippen molar-refractivity contribution in [1.29, 1.82) is 5.26 Å². The molecule has 1 N–H and O–H groups in total. The first kappa shape index (κ1) is 15.5. The lowest BCUT2D eigenvalue weighted by atomic mass is 9.99. The molecule has 0 spiro atoms. The van der Waals surface area contributed by atoms with Crippen molar-refractivity contribution < 1.29 is 18.3 Å². The standard InChI is InChI=1S/C13H15F3N2O/c1-2-18(7-8-19)12(9-17)10-5-3-4-6-11(10)13(14,15)16/h3-6,12,19H,2,7-8H2,1H3. The Morgan fingerprint density at radius 3 is 2.47 bits per heavy atom. The summed E-state index contributed by atoms with van der Waals surface area (Å²) in [6, 6.07) is 5.90. The van der Waals surface area contributed by atoms with Gasteiger partial charge in [0.15, 0.2) is 0 Å². The van der Waals surface area contributed by atoms with Crippen LogP contribution in [-0.2, 0) is 6.18 Å². The number of nitrogens with zero attached hydrogens (tertiary/aromatic N) is 2. The summed E-state index contributed by atoms with van der Waals surface area (Å²) in [6.45, 7) is 2.06. The zero-order valence-corrected chi connectivity index (χ0v) is 10.5. The van der Waals surface area contributed by atoms with Crippen molar-refractivity contribution in [3.05, 3.63) is 35.4 Å². The van der Waals surface area contributed by atoms with E-state index in [4.69, 9.17) is 10.4 Å². The van der Waals surface area contributed by atoms with Gasteiger partial charge in [-0.1, -0.05) is 25.1 Å². The minimum atomic E-state index is -4.50. The summed E-state index contributed by atoms with van der Waals surface area (Å²) in [7, 11) is 0. The predicted molar refractivity (Wildman–Crippen MR) is 64.1 cm³/mol. The molecule has 0 aromatic heterocycles. The number of halogens is 3. The Bertz CT molecular complexity index is 454. The average Bonchev–Trinajstić information content (AvgIpc) is 2.38. The lowest BCUT2D eigenvalue weighted by Gasteiger charge is -2.27. The SMILES string of the molecule is CCN(CCO)C(C#N)c1ccccc1C(F)(F)F. The van der Waals surface area contributed by atoms with Crippen LogP contribution in [0.4, 0.5) is 13.2 Å². The minimum Gasteiger partial charge on any atom is -0.395 e. The highest BCUT2D eigenvalue weighted by Crippen LogP contribution is 2.35. The first-order chi connectivity index (χ1) is 8.95. The van der Waals surface area contributed by atoms with Crippen molar-refractivity contribution in [3.63, 3.8) is 0 Å². The van der Waals surface area contributed by atoms with Crippen molar-refractivity contribution in [3.8, 4) is 6.07 Å². The number of likely N-dealkylation sites (N-methyl/N-ethyl adjacent to an activating group) is 1. The summed E-state index contributed by atoms with van der Waals surface area (Å²) in [6.07, 6.45) is -4.50. The maximum absolute atomic E-state index is 12.9. The molecule has 1 unspecified atom stereocenters. The van der Waals surface area contributed by atoms with Crippen LogP contribution >= 0.6 is 0 Å². The first-order valence-corrected chi connectivity index (χ1v) is 5.86. The van der Waals surface area contributed by atoms with Crippen LogP contribution in [0.25, 0.3) is 0 Å². The highest BCUT2D eigenvalue weighted by atomic mass is 19.4. The lowest BCUT2D eigenvalue weighted by Crippen LogP contribution is -2.31. The van der Waals surface area contributed by atoms with Crippen LogP contribution in [0.2, 0.25) is 0 Å². The van der Waals surface area contributed by atoms with Gasteiger partial charge >= 0.3 is 6.18 Å². The van der Waals surface area contributed by atoms with Gasteiger partial charge in [-0.15, -0.1) is 0 Å². The molecule has 1 aromatic rings. The summed E-state index contributed by atoms with van der Waals surface area (Å²) in [5.41, 5.74) is -0.884. The molecule has 0 aliphatic heterocycles. The van der Waals surface area contributed by atoms with Crippen LogP contribution in [0.1, 0.15) is 24.1 Å². The average molecular weight is 272 g/mol. The summed E-state index contributed by atoms with van der Waals surface area (Å²) >= 11 is 0. The Morgan fingerprint density at radius 2 is 2.00 bits per heavy atom. The van der Waals surface area contributed by atoms with Crippen LogP contribution in [0.5, 0.6) is 0 Å². The normalized spacial score (nSPS) is 13.3. The van der Waals surface area contributed by atoms with Gasteiger partial charge in [0.25, 0.3) is 0 Å². The van der Waals surface area contributed by atoms with Gasteiger partial charge in [0, 0.05) is 6.54 Å². The fraction of sp³-hybridized carbons (Fsp3) is 0.462. The monoisotopic (exact) mass is 272 g/mol. The third-order valence-electron chi connectivity index (χ3n) is 2.84. The molecule has 0 amide bonds. The van der Waals surface area contributed by atoms with E-state index in [9.17, 15) is 13.2 Å². The van der Waals surface area contributed by atoms with Crippen LogP contribution in [0.3, 0.4) is 0 Å². The molecule has 19 heavy (non-hydrogen) atoms. The molecule has 0 saturated heterocycles. The third kappa shape index (κ3) is 3.69. The van der Waals surface area contributed by atoms with E-state index in [-0.39, 0.29) is 18.7 Å². The van der Waals surface area contributed by atoms with Crippen molar-refractivity contribution >= 4 is 0 Å². The van der Waals surface area contributed by atoms with Crippen LogP contribution < -0.4 is 0 Å². The maximum atomic E-state index is 12.9. The second kappa shape index (κ2) is 6.55. The van der Waals surface area contributed by atoms with Gasteiger partial charge in [0.2, 0.25) is 0 Å². The van der Waals surface area contributed by atoms with Gasteiger partial charge in [-0.05, 0) is 18.2 Å². The molecule has 104 valence electrons. The number of alkyl halides is 3. The number of hydrogen-bond donors (Lipinski definition) is 1. The Hall–Kier alpha value is -1.58. The van der Waals surface area contributed by atoms with Gasteiger partial charge in [-0.2, -0.15) is 18.4 Å². The molecule has 0 fully saturated rings. The van der Waals surface area contributed by atoms with Gasteiger partial charge in [0.1, 0.15) is 6.04 Å². The molecule has 1 aromatic carbocycles. The van der Waals surface area contributed by atoms with Crippen LogP contribution in [0.15, 0.2) is 24.3 Å². The van der Waals surface area contributed by atoms with Crippen LogP contribution in [-0.4, -0.2) is 29.7 Å². The smallest absolute Gasteiger partial charge is 0.395 e. The Balaban J connectivity index is 3.23. The third-order valence-corrected chi connectivity index (χ3v) is 2.84. The van der Waals surface area contributed by atoms with E-state index in [1.165, 1.54) is 23.1 Å². The Labute approximate surface area is 109 Å². The molecule has 3 nitrogen and oxygen atoms in total. The van der Waals surface area contributed by atoms with Crippen molar-refractivity contribution in [2.45, 2.75) is 19.1 Å². The number of aliphatic hydroxyl groups is 1. The van der Waals surface area contributed by atoms with E-state index in [1.54, 1.807) is 6.92 Å². The lowest BCUT2D eigenvalue weighted by molar-refractivity contribution is -0.138. The molecular weight excluding hydrogens is 257 g/mol. The van der Waals surface area contributed by atoms with E-state index in [2.05, 4.69) is 0 Å². The Morgan fingerprint density at radius 1 is 1.37 bits per heavy atom. The second-order valence-corrected chi connectivity index (χ2v) is 3.97. The summed E-state index contributed by atoms with van der Waals surface area (Å²) in [5.74, 6) is 0. The van der Waals surface area contributed by atoms with E-state index in [0.717, 1.165) is 6.07 Å². The molecule has 0 saturated carbocycles. The fourth-order valence-electron chi connectivity index (χ4n) is 1.94. The highest BCUT2D eigenvalue weighted by Gasteiger charge is 2.36. The molecule has 0 radical (unpaired) electrons. The fourth-order valence-corrected chi connectivity index (χ4v) is 1.94. The van der Waals surface area contributed by atoms with Gasteiger partial charge in [-0.25, -0.2) is 0 Å². The molecule has 0 aliphatic carbocycles. The summed E-state index contributed by atoms with van der Waals surface area (Å²) in [5, 5.41) is 18.1. The molecule has 1 atom stereocenters. The number of aliphatic hydroxyl groups excluding tert-OH is 1. The number of rotatable bonds is 5. The highest BCUT2D eigenvalue weighted by molar-refractivity contribution is 5.35. The van der Waals surface area contributed by atoms with E-state index in [1.807, 2.05) is 6.07 Å². The molecular formula is C13H15F3N2O. The predicted octanol–water partition coefficient (Wildman–Crippen LogP) is 2.58. The minimum absolute atomic E-state index is 0.0761. The number of benzene rings is 1. The largest absolute Gasteiger partial charge is 0.416 e. The maximum Gasteiger partial charge on any atom is 0.416 e. The van der Waals surface area contributed by atoms with Crippen LogP contribution in [0, 0.1) is 11.3 Å². The summed E-state index contributed by atoms with van der Waals surface area (Å²) in [4.78, 5) is 1.50. The van der Waals surface area contributed by atoms with Crippen molar-refractivity contribution in [2.75, 3.05) is 19.7 Å². The summed E-state index contributed by atoms with van der Waals surface area (Å²) < 4.78 is 38.8. The zero-order chi connectivity index (χ0) is 14.5. The van der Waals surface area contributed by atoms with Gasteiger partial charge in [-0.3, -0.25) is 4.90 Å². The quantitative estimate of drug-likeness (QED) is 0.896. The Kier molecular flexibility index (Phi) is 5.33. The molecule has 1 rings (SSSR count). The number of nitriles is 1.